The van der Waals surface area contributed by atoms with E-state index in [1.807, 2.05) is 0 Å². The Bertz CT molecular complexity index is 1360. The molecule has 1 aliphatic heterocycles. The van der Waals surface area contributed by atoms with Crippen LogP contribution < -0.4 is 10.1 Å². The summed E-state index contributed by atoms with van der Waals surface area (Å²) in [6.45, 7) is -0.405. The van der Waals surface area contributed by atoms with Crippen molar-refractivity contribution in [1.29, 1.82) is 0 Å². The normalized spacial score (nSPS) is 37.2. The van der Waals surface area contributed by atoms with E-state index in [1.165, 1.54) is 6.07 Å². The van der Waals surface area contributed by atoms with E-state index in [0.717, 1.165) is 5.56 Å². The molecule has 7 nitrogen and oxygen atoms in total. The maximum absolute atomic E-state index is 11.6. The number of carbonyl (C=O) groups is 1. The van der Waals surface area contributed by atoms with Crippen LogP contribution in [0.15, 0.2) is 18.2 Å². The zero-order chi connectivity index (χ0) is 31.9. The number of carbonyl (C=O) groups excluding carboxylic acids is 1. The Balaban J connectivity index is 1.67. The molecule has 0 bridgehead atoms. The van der Waals surface area contributed by atoms with Crippen LogP contribution in [0.1, 0.15) is 89.0 Å². The molecule has 0 atom stereocenters. The highest BCUT2D eigenvalue weighted by atomic mass is 16.5. The number of benzene rings is 1. The van der Waals surface area contributed by atoms with Crippen molar-refractivity contribution in [2.24, 2.45) is 0 Å². The Kier molecular flexibility index (Phi) is 2.37. The molecule has 2 heterocycles. The summed E-state index contributed by atoms with van der Waals surface area (Å²) in [6, 6.07) is 0.892. The highest BCUT2D eigenvalue weighted by Crippen LogP contribution is 2.28. The Morgan fingerprint density at radius 1 is 1.33 bits per heavy atom. The Hall–Kier alpha value is -2.44. The molecular weight excluding hydrogens is 342 g/mol. The first-order valence-electron chi connectivity index (χ1n) is 15.8. The van der Waals surface area contributed by atoms with Gasteiger partial charge in [0.15, 0.2) is 5.82 Å². The van der Waals surface area contributed by atoms with Gasteiger partial charge >= 0.3 is 0 Å². The third-order valence-electron chi connectivity index (χ3n) is 3.84. The first kappa shape index (κ1) is 7.53. The number of nitrogens with zero attached hydrogens (tertiary/aromatic N) is 4. The smallest absolute Gasteiger partial charge is 0.224 e. The summed E-state index contributed by atoms with van der Waals surface area (Å²) >= 11 is 0. The van der Waals surface area contributed by atoms with E-state index in [0.29, 0.717) is 17.9 Å². The number of amides is 1. The summed E-state index contributed by atoms with van der Waals surface area (Å²) in [4.78, 5) is 11.6. The second kappa shape index (κ2) is 8.50. The van der Waals surface area contributed by atoms with Crippen molar-refractivity contribution in [2.75, 3.05) is 11.9 Å². The van der Waals surface area contributed by atoms with Gasteiger partial charge in [0.1, 0.15) is 5.75 Å². The maximum atomic E-state index is 11.6. The molecule has 144 valence electrons. The second-order valence-corrected chi connectivity index (χ2v) is 5.66. The molecule has 1 amide bonds. The van der Waals surface area contributed by atoms with Crippen LogP contribution in [0.3, 0.4) is 0 Å². The Morgan fingerprint density at radius 2 is 2.22 bits per heavy atom. The van der Waals surface area contributed by atoms with Gasteiger partial charge in [-0.25, -0.2) is 4.68 Å². The van der Waals surface area contributed by atoms with Crippen molar-refractivity contribution in [3.05, 3.63) is 29.6 Å². The molecule has 1 aromatic carbocycles. The van der Waals surface area contributed by atoms with Crippen molar-refractivity contribution in [1.82, 2.24) is 20.2 Å². The van der Waals surface area contributed by atoms with E-state index >= 15 is 0 Å². The summed E-state index contributed by atoms with van der Waals surface area (Å²) in [6.07, 6.45) is -25.6. The lowest BCUT2D eigenvalue weighted by atomic mass is 9.95. The second-order valence-electron chi connectivity index (χ2n) is 5.66. The highest BCUT2D eigenvalue weighted by molar-refractivity contribution is 5.93. The van der Waals surface area contributed by atoms with Crippen LogP contribution in [0.2, 0.25) is 0 Å². The predicted octanol–water partition coefficient (Wildman–Crippen LogP) is 3.46. The quantitative estimate of drug-likeness (QED) is 0.790. The number of hydrogen-bond donors (Lipinski definition) is 1. The molecule has 27 heavy (non-hydrogen) atoms. The molecule has 0 spiro atoms. The van der Waals surface area contributed by atoms with E-state index < -0.39 is 69.5 Å². The lowest BCUT2D eigenvalue weighted by molar-refractivity contribution is -0.116. The SMILES string of the molecule is [2H]C([2H])(CCOc1ccc2c(c1)CCC(=O)N2)C([2H])([2H])c1nnnn1C1([2H])C([2H])([2H])C([2H])([2H])C([2H])([2H])C([2H])([2H])C1([2H])[2H]. The van der Waals surface area contributed by atoms with E-state index in [1.54, 1.807) is 12.1 Å². The van der Waals surface area contributed by atoms with Crippen molar-refractivity contribution in [3.63, 3.8) is 0 Å². The average Bonchev–Trinajstić information content (AvgIpc) is 3.38. The number of rotatable bonds is 7. The molecule has 2 aliphatic rings. The van der Waals surface area contributed by atoms with E-state index in [2.05, 4.69) is 20.8 Å². The van der Waals surface area contributed by atoms with Crippen LogP contribution in [0.4, 0.5) is 5.69 Å². The van der Waals surface area contributed by atoms with Crippen LogP contribution in [0.5, 0.6) is 5.75 Å². The number of aromatic nitrogens is 4. The molecule has 0 saturated heterocycles. The topological polar surface area (TPSA) is 81.9 Å². The van der Waals surface area contributed by atoms with Gasteiger partial charge in [0.2, 0.25) is 5.91 Å². The third kappa shape index (κ3) is 4.46. The first-order valence-corrected chi connectivity index (χ1v) is 8.27. The van der Waals surface area contributed by atoms with Crippen LogP contribution in [-0.4, -0.2) is 32.7 Å². The molecule has 7 heteroatoms. The van der Waals surface area contributed by atoms with E-state index in [4.69, 9.17) is 25.3 Å². The molecule has 0 unspecified atom stereocenters. The molecule has 4 rings (SSSR count). The molecule has 1 N–H and O–H groups in total. The zero-order valence-corrected chi connectivity index (χ0v) is 14.2. The summed E-state index contributed by atoms with van der Waals surface area (Å²) in [7, 11) is 0. The minimum absolute atomic E-state index is 0.131. The molecule has 1 aliphatic carbocycles. The Morgan fingerprint density at radius 3 is 3.11 bits per heavy atom. The van der Waals surface area contributed by atoms with Crippen molar-refractivity contribution in [3.8, 4) is 5.75 Å². The summed E-state index contributed by atoms with van der Waals surface area (Å²) in [5, 5.41) is 12.5. The molecule has 1 fully saturated rings. The molecular formula is C20H27N5O2. The van der Waals surface area contributed by atoms with Gasteiger partial charge in [-0.3, -0.25) is 4.79 Å². The number of tetrazole rings is 1. The lowest BCUT2D eigenvalue weighted by Crippen LogP contribution is -2.18. The summed E-state index contributed by atoms with van der Waals surface area (Å²) in [5.74, 6) is -1.07. The van der Waals surface area contributed by atoms with Crippen molar-refractivity contribution in [2.45, 2.75) is 69.9 Å². The largest absolute Gasteiger partial charge is 0.494 e. The number of nitrogens with one attached hydrogen (secondary N) is 1. The van der Waals surface area contributed by atoms with Gasteiger partial charge in [-0.2, -0.15) is 0 Å². The zero-order valence-electron chi connectivity index (χ0n) is 29.2. The number of ether oxygens (including phenoxy) is 1. The van der Waals surface area contributed by atoms with Crippen molar-refractivity contribution >= 4 is 11.6 Å². The molecule has 1 aromatic heterocycles. The van der Waals surface area contributed by atoms with Crippen LogP contribution >= 0.6 is 0 Å². The van der Waals surface area contributed by atoms with E-state index in [-0.39, 0.29) is 17.0 Å². The van der Waals surface area contributed by atoms with Crippen LogP contribution in [-0.2, 0) is 17.6 Å². The lowest BCUT2D eigenvalue weighted by Gasteiger charge is -2.22. The van der Waals surface area contributed by atoms with Crippen LogP contribution in [0, 0.1) is 0 Å². The van der Waals surface area contributed by atoms with Gasteiger partial charge < -0.3 is 10.1 Å². The fraction of sp³-hybridized carbons (Fsp3) is 0.600. The first-order chi connectivity index (χ1) is 18.9. The predicted molar refractivity (Wildman–Crippen MR) is 102 cm³/mol. The maximum Gasteiger partial charge on any atom is 0.224 e. The Labute approximate surface area is 180 Å². The molecule has 2 aromatic rings. The number of anilines is 1. The average molecular weight is 385 g/mol. The van der Waals surface area contributed by atoms with Gasteiger partial charge in [-0.05, 0) is 66.1 Å². The van der Waals surface area contributed by atoms with Gasteiger partial charge in [-0.15, -0.1) is 5.10 Å². The van der Waals surface area contributed by atoms with E-state index in [9.17, 15) is 4.79 Å². The summed E-state index contributed by atoms with van der Waals surface area (Å²) in [5.41, 5.74) is 1.39. The van der Waals surface area contributed by atoms with Gasteiger partial charge in [0.25, 0.3) is 0 Å². The fourth-order valence-electron chi connectivity index (χ4n) is 2.58. The number of aryl methyl sites for hydroxylation is 2. The van der Waals surface area contributed by atoms with Gasteiger partial charge in [0, 0.05) is 37.7 Å². The monoisotopic (exact) mass is 384 g/mol. The molecule has 1 saturated carbocycles. The molecule has 0 radical (unpaired) electrons. The number of fused-ring (bicyclic) bond motifs is 1. The summed E-state index contributed by atoms with van der Waals surface area (Å²) < 4.78 is 130. The van der Waals surface area contributed by atoms with Gasteiger partial charge in [0.05, 0.1) is 14.0 Å². The van der Waals surface area contributed by atoms with Gasteiger partial charge in [-0.1, -0.05) is 19.1 Å². The fourth-order valence-corrected chi connectivity index (χ4v) is 2.58. The minimum Gasteiger partial charge on any atom is -0.494 e. The number of hydrogen-bond acceptors (Lipinski definition) is 5. The van der Waals surface area contributed by atoms with Crippen molar-refractivity contribution < 1.29 is 30.1 Å². The highest BCUT2D eigenvalue weighted by Gasteiger charge is 2.19. The standard InChI is InChI=1S/C20H27N5O2/c26-20-12-9-15-14-17(10-11-18(15)21-20)27-13-5-4-8-19-22-23-24-25(19)16-6-2-1-3-7-16/h10-11,14,16H,1-9,12-13H2,(H,21,26)/i1D2,2D2,3D2,4D2,6D2,7D2,8D2,16D. The third-order valence-corrected chi connectivity index (χ3v) is 3.84. The van der Waals surface area contributed by atoms with Crippen LogP contribution in [0.25, 0.3) is 0 Å². The minimum atomic E-state index is -3.93.